The number of aromatic nitrogens is 1. The van der Waals surface area contributed by atoms with Gasteiger partial charge in [-0.05, 0) is 30.2 Å². The van der Waals surface area contributed by atoms with Gasteiger partial charge in [0, 0.05) is 24.0 Å². The van der Waals surface area contributed by atoms with Crippen molar-refractivity contribution in [3.63, 3.8) is 0 Å². The Bertz CT molecular complexity index is 702. The molecule has 106 valence electrons. The molecule has 0 bridgehead atoms. The molecule has 4 nitrogen and oxygen atoms in total. The molecule has 0 spiro atoms. The van der Waals surface area contributed by atoms with Crippen LogP contribution >= 0.6 is 11.6 Å². The monoisotopic (exact) mass is 310 g/mol. The van der Waals surface area contributed by atoms with Crippen molar-refractivity contribution in [2.75, 3.05) is 18.1 Å². The molecule has 0 aliphatic heterocycles. The Labute approximate surface area is 123 Å². The number of anilines is 1. The van der Waals surface area contributed by atoms with E-state index in [4.69, 9.17) is 11.6 Å². The van der Waals surface area contributed by atoms with Gasteiger partial charge in [-0.25, -0.2) is 13.4 Å². The van der Waals surface area contributed by atoms with Crippen molar-refractivity contribution in [2.24, 2.45) is 0 Å². The van der Waals surface area contributed by atoms with E-state index in [0.717, 1.165) is 5.56 Å². The summed E-state index contributed by atoms with van der Waals surface area (Å²) in [6.45, 7) is 0.559. The number of rotatable bonds is 5. The van der Waals surface area contributed by atoms with Crippen LogP contribution in [0.1, 0.15) is 5.56 Å². The van der Waals surface area contributed by atoms with Crippen LogP contribution in [0.15, 0.2) is 47.5 Å². The van der Waals surface area contributed by atoms with Gasteiger partial charge in [-0.15, -0.1) is 0 Å². The van der Waals surface area contributed by atoms with E-state index in [1.807, 2.05) is 24.3 Å². The van der Waals surface area contributed by atoms with Crippen molar-refractivity contribution in [3.8, 4) is 0 Å². The highest BCUT2D eigenvalue weighted by Crippen LogP contribution is 2.19. The first kappa shape index (κ1) is 14.8. The van der Waals surface area contributed by atoms with Crippen molar-refractivity contribution in [1.82, 2.24) is 4.98 Å². The Kier molecular flexibility index (Phi) is 4.62. The van der Waals surface area contributed by atoms with Gasteiger partial charge in [0.1, 0.15) is 10.7 Å². The zero-order valence-corrected chi connectivity index (χ0v) is 12.6. The minimum atomic E-state index is -3.29. The second-order valence-electron chi connectivity index (χ2n) is 4.39. The van der Waals surface area contributed by atoms with Gasteiger partial charge in [0.15, 0.2) is 9.84 Å². The Morgan fingerprint density at radius 3 is 2.65 bits per heavy atom. The average molecular weight is 311 g/mol. The van der Waals surface area contributed by atoms with Crippen LogP contribution in [0.2, 0.25) is 5.02 Å². The van der Waals surface area contributed by atoms with Crippen LogP contribution in [0.5, 0.6) is 0 Å². The van der Waals surface area contributed by atoms with E-state index < -0.39 is 9.84 Å². The van der Waals surface area contributed by atoms with Crippen molar-refractivity contribution in [2.45, 2.75) is 11.3 Å². The average Bonchev–Trinajstić information content (AvgIpc) is 2.40. The van der Waals surface area contributed by atoms with Crippen molar-refractivity contribution >= 4 is 27.3 Å². The lowest BCUT2D eigenvalue weighted by Crippen LogP contribution is -2.10. The highest BCUT2D eigenvalue weighted by molar-refractivity contribution is 7.90. The summed E-state index contributed by atoms with van der Waals surface area (Å²) in [6, 6.07) is 10.7. The molecule has 0 aliphatic carbocycles. The Morgan fingerprint density at radius 2 is 1.95 bits per heavy atom. The summed E-state index contributed by atoms with van der Waals surface area (Å²) in [5.74, 6) is 0.377. The zero-order valence-electron chi connectivity index (χ0n) is 11.0. The molecular formula is C14H15ClN2O2S. The summed E-state index contributed by atoms with van der Waals surface area (Å²) in [4.78, 5) is 4.28. The number of hydrogen-bond acceptors (Lipinski definition) is 4. The van der Waals surface area contributed by atoms with E-state index in [1.165, 1.54) is 6.26 Å². The standard InChI is InChI=1S/C14H15ClN2O2S/c1-20(18,19)13-7-4-9-16-14(13)17-10-8-11-5-2-3-6-12(11)15/h2-7,9H,8,10H2,1H3,(H,16,17). The number of nitrogens with one attached hydrogen (secondary N) is 1. The summed E-state index contributed by atoms with van der Waals surface area (Å²) in [7, 11) is -3.29. The molecule has 20 heavy (non-hydrogen) atoms. The Morgan fingerprint density at radius 1 is 1.20 bits per heavy atom. The number of halogens is 1. The van der Waals surface area contributed by atoms with Crippen LogP contribution in [-0.4, -0.2) is 26.2 Å². The molecule has 0 unspecified atom stereocenters. The number of sulfone groups is 1. The minimum Gasteiger partial charge on any atom is -0.369 e. The van der Waals surface area contributed by atoms with Crippen LogP contribution in [0.3, 0.4) is 0 Å². The van der Waals surface area contributed by atoms with E-state index in [0.29, 0.717) is 23.8 Å². The lowest BCUT2D eigenvalue weighted by molar-refractivity contribution is 0.602. The maximum Gasteiger partial charge on any atom is 0.179 e. The zero-order chi connectivity index (χ0) is 14.6. The number of nitrogens with zero attached hydrogens (tertiary/aromatic N) is 1. The van der Waals surface area contributed by atoms with E-state index in [-0.39, 0.29) is 4.90 Å². The summed E-state index contributed by atoms with van der Waals surface area (Å²) in [6.07, 6.45) is 3.43. The summed E-state index contributed by atoms with van der Waals surface area (Å²) >= 11 is 6.07. The molecule has 0 fully saturated rings. The minimum absolute atomic E-state index is 0.208. The SMILES string of the molecule is CS(=O)(=O)c1cccnc1NCCc1ccccc1Cl. The van der Waals surface area contributed by atoms with Gasteiger partial charge in [0.25, 0.3) is 0 Å². The van der Waals surface area contributed by atoms with Crippen molar-refractivity contribution < 1.29 is 8.42 Å². The molecule has 1 N–H and O–H groups in total. The highest BCUT2D eigenvalue weighted by Gasteiger charge is 2.13. The van der Waals surface area contributed by atoms with E-state index >= 15 is 0 Å². The molecule has 0 aliphatic rings. The first-order chi connectivity index (χ1) is 9.48. The fourth-order valence-electron chi connectivity index (χ4n) is 1.84. The molecule has 0 radical (unpaired) electrons. The molecule has 1 aromatic heterocycles. The fourth-order valence-corrected chi connectivity index (χ4v) is 2.87. The summed E-state index contributed by atoms with van der Waals surface area (Å²) in [5.41, 5.74) is 1.01. The summed E-state index contributed by atoms with van der Waals surface area (Å²) in [5, 5.41) is 3.75. The highest BCUT2D eigenvalue weighted by atomic mass is 35.5. The Balaban J connectivity index is 2.07. The maximum absolute atomic E-state index is 11.6. The van der Waals surface area contributed by atoms with E-state index in [2.05, 4.69) is 10.3 Å². The molecule has 0 amide bonds. The number of hydrogen-bond donors (Lipinski definition) is 1. The van der Waals surface area contributed by atoms with Crippen LogP contribution in [0.25, 0.3) is 0 Å². The lowest BCUT2D eigenvalue weighted by atomic mass is 10.1. The normalized spacial score (nSPS) is 11.3. The van der Waals surface area contributed by atoms with Gasteiger partial charge >= 0.3 is 0 Å². The van der Waals surface area contributed by atoms with Crippen LogP contribution in [0, 0.1) is 0 Å². The maximum atomic E-state index is 11.6. The second kappa shape index (κ2) is 6.24. The van der Waals surface area contributed by atoms with Crippen LogP contribution in [0.4, 0.5) is 5.82 Å². The molecule has 0 atom stereocenters. The molecule has 2 aromatic rings. The second-order valence-corrected chi connectivity index (χ2v) is 6.78. The molecular weight excluding hydrogens is 296 g/mol. The first-order valence-corrected chi connectivity index (χ1v) is 8.38. The van der Waals surface area contributed by atoms with Gasteiger partial charge < -0.3 is 5.32 Å². The predicted molar refractivity (Wildman–Crippen MR) is 81.0 cm³/mol. The topological polar surface area (TPSA) is 59.1 Å². The third-order valence-corrected chi connectivity index (χ3v) is 4.31. The quantitative estimate of drug-likeness (QED) is 0.922. The van der Waals surface area contributed by atoms with Crippen molar-refractivity contribution in [3.05, 3.63) is 53.2 Å². The van der Waals surface area contributed by atoms with Crippen LogP contribution in [-0.2, 0) is 16.3 Å². The van der Waals surface area contributed by atoms with Crippen LogP contribution < -0.4 is 5.32 Å². The molecule has 2 rings (SSSR count). The third-order valence-electron chi connectivity index (χ3n) is 2.81. The largest absolute Gasteiger partial charge is 0.369 e. The smallest absolute Gasteiger partial charge is 0.179 e. The third kappa shape index (κ3) is 3.71. The lowest BCUT2D eigenvalue weighted by Gasteiger charge is -2.10. The number of pyridine rings is 1. The Hall–Kier alpha value is -1.59. The molecule has 1 aromatic carbocycles. The van der Waals surface area contributed by atoms with Gasteiger partial charge in [0.05, 0.1) is 0 Å². The van der Waals surface area contributed by atoms with Gasteiger partial charge in [-0.2, -0.15) is 0 Å². The molecule has 0 saturated carbocycles. The van der Waals surface area contributed by atoms with Gasteiger partial charge in [-0.1, -0.05) is 29.8 Å². The fraction of sp³-hybridized carbons (Fsp3) is 0.214. The molecule has 6 heteroatoms. The van der Waals surface area contributed by atoms with Gasteiger partial charge in [-0.3, -0.25) is 0 Å². The summed E-state index contributed by atoms with van der Waals surface area (Å²) < 4.78 is 23.3. The molecule has 1 heterocycles. The predicted octanol–water partition coefficient (Wildman–Crippen LogP) is 2.79. The van der Waals surface area contributed by atoms with E-state index in [1.54, 1.807) is 18.3 Å². The number of benzene rings is 1. The first-order valence-electron chi connectivity index (χ1n) is 6.11. The van der Waals surface area contributed by atoms with E-state index in [9.17, 15) is 8.42 Å². The van der Waals surface area contributed by atoms with Crippen molar-refractivity contribution in [1.29, 1.82) is 0 Å². The molecule has 0 saturated heterocycles. The van der Waals surface area contributed by atoms with Gasteiger partial charge in [0.2, 0.25) is 0 Å².